The first-order valence-corrected chi connectivity index (χ1v) is 15.0. The second-order valence-electron chi connectivity index (χ2n) is 10.9. The molecule has 11 heteroatoms. The smallest absolute Gasteiger partial charge is 0.253 e. The average Bonchev–Trinajstić information content (AvgIpc) is 3.02. The van der Waals surface area contributed by atoms with Crippen molar-refractivity contribution in [2.45, 2.75) is 58.7 Å². The Bertz CT molecular complexity index is 1460. The summed E-state index contributed by atoms with van der Waals surface area (Å²) in [6.45, 7) is 6.98. The minimum Gasteiger partial charge on any atom is -0.497 e. The molecule has 9 nitrogen and oxygen atoms in total. The number of oxime groups is 1. The number of carbonyl (C=O) groups is 2. The third-order valence-electron chi connectivity index (χ3n) is 7.26. The van der Waals surface area contributed by atoms with Gasteiger partial charge in [-0.05, 0) is 79.8 Å². The van der Waals surface area contributed by atoms with Crippen LogP contribution < -0.4 is 15.4 Å². The van der Waals surface area contributed by atoms with Gasteiger partial charge in [0, 0.05) is 48.9 Å². The Labute approximate surface area is 262 Å². The van der Waals surface area contributed by atoms with Gasteiger partial charge in [0.2, 0.25) is 0 Å². The molecule has 4 N–H and O–H groups in total. The third-order valence-corrected chi connectivity index (χ3v) is 7.26. The predicted molar refractivity (Wildman–Crippen MR) is 169 cm³/mol. The van der Waals surface area contributed by atoms with E-state index in [0.717, 1.165) is 36.6 Å². The summed E-state index contributed by atoms with van der Waals surface area (Å²) >= 11 is 0. The molecule has 0 spiro atoms. The van der Waals surface area contributed by atoms with E-state index in [2.05, 4.69) is 15.8 Å². The molecule has 0 bridgehead atoms. The number of aliphatic hydroxyl groups is 1. The molecule has 45 heavy (non-hydrogen) atoms. The molecule has 2 amide bonds. The Hall–Kier alpha value is -4.35. The SMILES string of the molecule is CCCN(CCC)C(=O)c1cc(C(=O)N[C@@H](Cc2cc(F)cc(F)c2)[C@H](O)CNCc2cccc(OC)c2)cc(/C(C)=N\O)c1. The van der Waals surface area contributed by atoms with Gasteiger partial charge in [-0.25, -0.2) is 8.78 Å². The molecule has 0 aromatic heterocycles. The molecule has 0 unspecified atom stereocenters. The Morgan fingerprint density at radius 3 is 2.20 bits per heavy atom. The Kier molecular flexibility index (Phi) is 13.4. The number of nitrogens with one attached hydrogen (secondary N) is 2. The number of carbonyl (C=O) groups excluding carboxylic acids is 2. The largest absolute Gasteiger partial charge is 0.497 e. The van der Waals surface area contributed by atoms with Crippen molar-refractivity contribution >= 4 is 17.5 Å². The van der Waals surface area contributed by atoms with Crippen LogP contribution in [0.25, 0.3) is 0 Å². The molecule has 0 radical (unpaired) electrons. The number of benzene rings is 3. The van der Waals surface area contributed by atoms with Crippen LogP contribution in [-0.2, 0) is 13.0 Å². The zero-order chi connectivity index (χ0) is 32.9. The van der Waals surface area contributed by atoms with E-state index in [1.165, 1.54) is 12.1 Å². The molecular weight excluding hydrogens is 582 g/mol. The first-order valence-electron chi connectivity index (χ1n) is 15.0. The number of methoxy groups -OCH3 is 1. The van der Waals surface area contributed by atoms with Crippen LogP contribution >= 0.6 is 0 Å². The van der Waals surface area contributed by atoms with E-state index in [4.69, 9.17) is 4.74 Å². The highest BCUT2D eigenvalue weighted by molar-refractivity contribution is 6.06. The standard InChI is InChI=1S/C34H42F2N4O5/c1-5-10-40(11-6-2)34(43)27-17-25(22(3)39-44)16-26(18-27)33(42)38-31(15-24-12-28(35)19-29(36)13-24)32(41)21-37-20-23-8-7-9-30(14-23)45-4/h7-9,12-14,16-19,31-32,37,41,44H,5-6,10-11,15,20-21H2,1-4H3,(H,38,42)/b39-22-/t31-,32+/m0/s1. The van der Waals surface area contributed by atoms with Gasteiger partial charge in [-0.15, -0.1) is 0 Å². The van der Waals surface area contributed by atoms with Crippen molar-refractivity contribution in [3.8, 4) is 5.75 Å². The number of aliphatic hydroxyl groups excluding tert-OH is 1. The van der Waals surface area contributed by atoms with Crippen molar-refractivity contribution in [2.24, 2.45) is 5.16 Å². The lowest BCUT2D eigenvalue weighted by molar-refractivity contribution is 0.0755. The Morgan fingerprint density at radius 2 is 1.58 bits per heavy atom. The summed E-state index contributed by atoms with van der Waals surface area (Å²) in [6.07, 6.45) is 0.260. The number of nitrogens with zero attached hydrogens (tertiary/aromatic N) is 2. The second kappa shape index (κ2) is 17.2. The molecular formula is C34H42F2N4O5. The van der Waals surface area contributed by atoms with Crippen LogP contribution in [-0.4, -0.2) is 71.6 Å². The molecule has 0 aliphatic heterocycles. The lowest BCUT2D eigenvalue weighted by Crippen LogP contribution is -2.48. The molecule has 0 saturated carbocycles. The van der Waals surface area contributed by atoms with Crippen molar-refractivity contribution in [1.82, 2.24) is 15.5 Å². The molecule has 2 atom stereocenters. The highest BCUT2D eigenvalue weighted by Crippen LogP contribution is 2.18. The van der Waals surface area contributed by atoms with Gasteiger partial charge < -0.3 is 30.6 Å². The van der Waals surface area contributed by atoms with Crippen molar-refractivity contribution < 1.29 is 33.4 Å². The average molecular weight is 625 g/mol. The first-order chi connectivity index (χ1) is 21.6. The lowest BCUT2D eigenvalue weighted by Gasteiger charge is -2.26. The van der Waals surface area contributed by atoms with Crippen molar-refractivity contribution in [3.05, 3.63) is 100 Å². The maximum Gasteiger partial charge on any atom is 0.253 e. The van der Waals surface area contributed by atoms with E-state index >= 15 is 0 Å². The molecule has 242 valence electrons. The molecule has 0 saturated heterocycles. The third kappa shape index (κ3) is 10.4. The number of rotatable bonds is 16. The van der Waals surface area contributed by atoms with Crippen LogP contribution in [0.3, 0.4) is 0 Å². The fourth-order valence-electron chi connectivity index (χ4n) is 4.99. The van der Waals surface area contributed by atoms with Gasteiger partial charge >= 0.3 is 0 Å². The quantitative estimate of drug-likeness (QED) is 0.102. The highest BCUT2D eigenvalue weighted by atomic mass is 19.1. The van der Waals surface area contributed by atoms with Crippen molar-refractivity contribution in [1.29, 1.82) is 0 Å². The minimum atomic E-state index is -1.17. The number of hydrogen-bond donors (Lipinski definition) is 4. The normalized spacial score (nSPS) is 12.8. The van der Waals surface area contributed by atoms with E-state index in [-0.39, 0.29) is 41.3 Å². The molecule has 3 aromatic rings. The number of halogens is 2. The Balaban J connectivity index is 1.90. The monoisotopic (exact) mass is 624 g/mol. The molecule has 3 rings (SSSR count). The summed E-state index contributed by atoms with van der Waals surface area (Å²) in [5.74, 6) is -1.77. The number of hydrogen-bond acceptors (Lipinski definition) is 7. The van der Waals surface area contributed by atoms with Gasteiger partial charge in [0.1, 0.15) is 17.4 Å². The zero-order valence-corrected chi connectivity index (χ0v) is 26.1. The van der Waals surface area contributed by atoms with Gasteiger partial charge in [-0.1, -0.05) is 31.1 Å². The minimum absolute atomic E-state index is 0.0446. The van der Waals surface area contributed by atoms with Crippen LogP contribution in [0.4, 0.5) is 8.78 Å². The molecule has 3 aromatic carbocycles. The van der Waals surface area contributed by atoms with E-state index in [0.29, 0.717) is 30.9 Å². The summed E-state index contributed by atoms with van der Waals surface area (Å²) in [4.78, 5) is 28.8. The zero-order valence-electron chi connectivity index (χ0n) is 26.1. The molecule has 0 aliphatic rings. The van der Waals surface area contributed by atoms with Gasteiger partial charge in [-0.2, -0.15) is 0 Å². The first kappa shape index (κ1) is 35.1. The van der Waals surface area contributed by atoms with Crippen molar-refractivity contribution in [2.75, 3.05) is 26.7 Å². The van der Waals surface area contributed by atoms with Gasteiger partial charge in [0.05, 0.1) is 25.0 Å². The second-order valence-corrected chi connectivity index (χ2v) is 10.9. The molecule has 0 fully saturated rings. The van der Waals surface area contributed by atoms with E-state index < -0.39 is 29.7 Å². The molecule has 0 heterocycles. The fraction of sp³-hybridized carbons (Fsp3) is 0.382. The number of ether oxygens (including phenoxy) is 1. The summed E-state index contributed by atoms with van der Waals surface area (Å²) < 4.78 is 33.3. The maximum atomic E-state index is 14.0. The number of amides is 2. The molecule has 0 aliphatic carbocycles. The maximum absolute atomic E-state index is 14.0. The van der Waals surface area contributed by atoms with E-state index in [1.807, 2.05) is 38.1 Å². The summed E-state index contributed by atoms with van der Waals surface area (Å²) in [5.41, 5.74) is 2.05. The Morgan fingerprint density at radius 1 is 0.933 bits per heavy atom. The predicted octanol–water partition coefficient (Wildman–Crippen LogP) is 4.93. The summed E-state index contributed by atoms with van der Waals surface area (Å²) in [6, 6.07) is 14.0. The van der Waals surface area contributed by atoms with Crippen LogP contribution in [0.5, 0.6) is 5.75 Å². The van der Waals surface area contributed by atoms with Gasteiger partial charge in [0.15, 0.2) is 0 Å². The van der Waals surface area contributed by atoms with Crippen LogP contribution in [0.15, 0.2) is 65.8 Å². The van der Waals surface area contributed by atoms with Crippen LogP contribution in [0.1, 0.15) is 71.0 Å². The van der Waals surface area contributed by atoms with Crippen LogP contribution in [0.2, 0.25) is 0 Å². The van der Waals surface area contributed by atoms with Crippen LogP contribution in [0, 0.1) is 11.6 Å². The topological polar surface area (TPSA) is 123 Å². The summed E-state index contributed by atoms with van der Waals surface area (Å²) in [7, 11) is 1.57. The highest BCUT2D eigenvalue weighted by Gasteiger charge is 2.25. The summed E-state index contributed by atoms with van der Waals surface area (Å²) in [5, 5.41) is 29.8. The lowest BCUT2D eigenvalue weighted by atomic mass is 9.98. The van der Waals surface area contributed by atoms with Gasteiger partial charge in [0.25, 0.3) is 11.8 Å². The van der Waals surface area contributed by atoms with E-state index in [9.17, 15) is 28.7 Å². The fourth-order valence-corrected chi connectivity index (χ4v) is 4.99. The van der Waals surface area contributed by atoms with E-state index in [1.54, 1.807) is 25.0 Å². The van der Waals surface area contributed by atoms with Crippen molar-refractivity contribution in [3.63, 3.8) is 0 Å². The van der Waals surface area contributed by atoms with Gasteiger partial charge in [-0.3, -0.25) is 9.59 Å².